The molecule has 1 unspecified atom stereocenters. The molecule has 1 atom stereocenters. The monoisotopic (exact) mass is 395 g/mol. The molecule has 8 nitrogen and oxygen atoms in total. The average Bonchev–Trinajstić information content (AvgIpc) is 3.01. The molecule has 2 heterocycles. The number of anilines is 1. The van der Waals surface area contributed by atoms with Crippen LogP contribution in [0.3, 0.4) is 0 Å². The zero-order valence-electron chi connectivity index (χ0n) is 15.8. The van der Waals surface area contributed by atoms with E-state index in [4.69, 9.17) is 4.74 Å². The summed E-state index contributed by atoms with van der Waals surface area (Å²) in [4.78, 5) is 26.3. The van der Waals surface area contributed by atoms with Gasteiger partial charge in [-0.15, -0.1) is 0 Å². The molecule has 0 bridgehead atoms. The minimum atomic E-state index is -3.63. The van der Waals surface area contributed by atoms with Crippen LogP contribution in [0.1, 0.15) is 26.3 Å². The molecule has 0 aliphatic carbocycles. The van der Waals surface area contributed by atoms with E-state index in [2.05, 4.69) is 5.32 Å². The number of ether oxygens (including phenoxy) is 1. The number of hydrogen-bond acceptors (Lipinski definition) is 5. The van der Waals surface area contributed by atoms with Crippen LogP contribution in [0.15, 0.2) is 23.1 Å². The molecule has 1 saturated heterocycles. The van der Waals surface area contributed by atoms with E-state index in [9.17, 15) is 18.0 Å². The van der Waals surface area contributed by atoms with Gasteiger partial charge in [0.25, 0.3) is 0 Å². The van der Waals surface area contributed by atoms with Gasteiger partial charge < -0.3 is 10.1 Å². The van der Waals surface area contributed by atoms with Crippen molar-refractivity contribution in [2.75, 3.05) is 31.2 Å². The van der Waals surface area contributed by atoms with Gasteiger partial charge >= 0.3 is 0 Å². The number of fused-ring (bicyclic) bond motifs is 1. The van der Waals surface area contributed by atoms with Crippen LogP contribution < -0.4 is 10.2 Å². The highest BCUT2D eigenvalue weighted by Gasteiger charge is 2.38. The van der Waals surface area contributed by atoms with Gasteiger partial charge in [-0.1, -0.05) is 0 Å². The third-order valence-corrected chi connectivity index (χ3v) is 6.61. The van der Waals surface area contributed by atoms with Crippen LogP contribution in [0, 0.1) is 0 Å². The summed E-state index contributed by atoms with van der Waals surface area (Å²) >= 11 is 0. The number of hydrogen-bond donors (Lipinski definition) is 1. The van der Waals surface area contributed by atoms with Gasteiger partial charge in [0.15, 0.2) is 0 Å². The van der Waals surface area contributed by atoms with Crippen LogP contribution >= 0.6 is 0 Å². The van der Waals surface area contributed by atoms with E-state index in [-0.39, 0.29) is 22.8 Å². The minimum absolute atomic E-state index is 0.0488. The zero-order chi connectivity index (χ0) is 19.8. The highest BCUT2D eigenvalue weighted by atomic mass is 32.2. The van der Waals surface area contributed by atoms with Crippen LogP contribution in [0.4, 0.5) is 5.69 Å². The molecular weight excluding hydrogens is 370 g/mol. The van der Waals surface area contributed by atoms with E-state index < -0.39 is 16.1 Å². The number of morpholine rings is 1. The molecule has 2 aliphatic heterocycles. The predicted octanol–water partition coefficient (Wildman–Crippen LogP) is 0.510. The maximum absolute atomic E-state index is 12.9. The summed E-state index contributed by atoms with van der Waals surface area (Å²) in [7, 11) is -3.63. The van der Waals surface area contributed by atoms with E-state index in [0.717, 1.165) is 0 Å². The summed E-state index contributed by atoms with van der Waals surface area (Å²) in [5.41, 5.74) is 1.27. The summed E-state index contributed by atoms with van der Waals surface area (Å²) in [6.45, 7) is 6.50. The van der Waals surface area contributed by atoms with Gasteiger partial charge in [0, 0.05) is 38.2 Å². The molecule has 148 valence electrons. The van der Waals surface area contributed by atoms with Crippen molar-refractivity contribution >= 4 is 27.5 Å². The first kappa shape index (κ1) is 19.8. The Kier molecular flexibility index (Phi) is 5.55. The van der Waals surface area contributed by atoms with E-state index in [1.807, 2.05) is 13.8 Å². The Hall–Kier alpha value is -1.97. The first-order valence-corrected chi connectivity index (χ1v) is 10.5. The Bertz CT molecular complexity index is 847. The van der Waals surface area contributed by atoms with Gasteiger partial charge in [-0.3, -0.25) is 14.5 Å². The SMILES string of the molecule is CC(=O)N1c2ccc(S(=O)(=O)N3CCOCC3)cc2CC1C(=O)NC(C)C. The van der Waals surface area contributed by atoms with Gasteiger partial charge in [0.05, 0.1) is 18.1 Å². The number of amides is 2. The van der Waals surface area contributed by atoms with E-state index in [1.165, 1.54) is 22.2 Å². The van der Waals surface area contributed by atoms with Crippen molar-refractivity contribution in [3.8, 4) is 0 Å². The summed E-state index contributed by atoms with van der Waals surface area (Å²) in [5, 5.41) is 2.83. The topological polar surface area (TPSA) is 96.0 Å². The highest BCUT2D eigenvalue weighted by molar-refractivity contribution is 7.89. The molecule has 27 heavy (non-hydrogen) atoms. The maximum Gasteiger partial charge on any atom is 0.243 e. The molecule has 3 rings (SSSR count). The fourth-order valence-corrected chi connectivity index (χ4v) is 4.96. The van der Waals surface area contributed by atoms with Crippen molar-refractivity contribution in [3.63, 3.8) is 0 Å². The highest BCUT2D eigenvalue weighted by Crippen LogP contribution is 2.35. The number of rotatable bonds is 4. The maximum atomic E-state index is 12.9. The summed E-state index contributed by atoms with van der Waals surface area (Å²) in [5.74, 6) is -0.490. The van der Waals surface area contributed by atoms with Crippen LogP contribution in [0.25, 0.3) is 0 Å². The minimum Gasteiger partial charge on any atom is -0.379 e. The lowest BCUT2D eigenvalue weighted by molar-refractivity contribution is -0.125. The van der Waals surface area contributed by atoms with Crippen LogP contribution in [-0.4, -0.2) is 62.9 Å². The molecule has 0 radical (unpaired) electrons. The van der Waals surface area contributed by atoms with Crippen LogP contribution in [0.2, 0.25) is 0 Å². The van der Waals surface area contributed by atoms with E-state index >= 15 is 0 Å². The Morgan fingerprint density at radius 2 is 1.89 bits per heavy atom. The Labute approximate surface area is 159 Å². The molecular formula is C18H25N3O5S. The normalized spacial score (nSPS) is 20.6. The fraction of sp³-hybridized carbons (Fsp3) is 0.556. The molecule has 9 heteroatoms. The molecule has 1 aromatic carbocycles. The van der Waals surface area contributed by atoms with Crippen molar-refractivity contribution in [2.45, 2.75) is 44.2 Å². The molecule has 0 spiro atoms. The second-order valence-electron chi connectivity index (χ2n) is 7.08. The standard InChI is InChI=1S/C18H25N3O5S/c1-12(2)19-18(23)17-11-14-10-15(4-5-16(14)21(17)13(3)22)27(24,25)20-6-8-26-9-7-20/h4-5,10,12,17H,6-9,11H2,1-3H3,(H,19,23). The summed E-state index contributed by atoms with van der Waals surface area (Å²) < 4.78 is 32.4. The van der Waals surface area contributed by atoms with Crippen molar-refractivity contribution in [3.05, 3.63) is 23.8 Å². The fourth-order valence-electron chi connectivity index (χ4n) is 3.50. The summed E-state index contributed by atoms with van der Waals surface area (Å²) in [6.07, 6.45) is 0.292. The van der Waals surface area contributed by atoms with E-state index in [1.54, 1.807) is 12.1 Å². The zero-order valence-corrected chi connectivity index (χ0v) is 16.6. The molecule has 0 saturated carbocycles. The van der Waals surface area contributed by atoms with Gasteiger partial charge in [0.1, 0.15) is 6.04 Å². The smallest absolute Gasteiger partial charge is 0.243 e. The Balaban J connectivity index is 1.92. The second kappa shape index (κ2) is 7.57. The molecule has 0 aromatic heterocycles. The predicted molar refractivity (Wildman–Crippen MR) is 100.0 cm³/mol. The number of nitrogens with one attached hydrogen (secondary N) is 1. The number of carbonyl (C=O) groups is 2. The van der Waals surface area contributed by atoms with Crippen molar-refractivity contribution in [1.82, 2.24) is 9.62 Å². The molecule has 2 aliphatic rings. The Morgan fingerprint density at radius 1 is 1.22 bits per heavy atom. The third kappa shape index (κ3) is 3.85. The number of carbonyl (C=O) groups excluding carboxylic acids is 2. The summed E-state index contributed by atoms with van der Waals surface area (Å²) in [6, 6.07) is 3.99. The molecule has 2 amide bonds. The average molecular weight is 395 g/mol. The molecule has 1 fully saturated rings. The van der Waals surface area contributed by atoms with Gasteiger partial charge in [-0.05, 0) is 37.6 Å². The lowest BCUT2D eigenvalue weighted by Crippen LogP contribution is -2.49. The van der Waals surface area contributed by atoms with Gasteiger partial charge in [-0.25, -0.2) is 8.42 Å². The van der Waals surface area contributed by atoms with Gasteiger partial charge in [0.2, 0.25) is 21.8 Å². The first-order valence-electron chi connectivity index (χ1n) is 9.03. The number of benzene rings is 1. The van der Waals surface area contributed by atoms with Gasteiger partial charge in [-0.2, -0.15) is 4.31 Å². The van der Waals surface area contributed by atoms with Crippen LogP contribution in [-0.2, 0) is 30.8 Å². The molecule has 1 N–H and O–H groups in total. The van der Waals surface area contributed by atoms with Crippen molar-refractivity contribution < 1.29 is 22.7 Å². The third-order valence-electron chi connectivity index (χ3n) is 4.72. The quantitative estimate of drug-likeness (QED) is 0.801. The molecule has 1 aromatic rings. The largest absolute Gasteiger partial charge is 0.379 e. The van der Waals surface area contributed by atoms with E-state index in [0.29, 0.717) is 44.0 Å². The van der Waals surface area contributed by atoms with Crippen molar-refractivity contribution in [1.29, 1.82) is 0 Å². The van der Waals surface area contributed by atoms with Crippen LogP contribution in [0.5, 0.6) is 0 Å². The second-order valence-corrected chi connectivity index (χ2v) is 9.02. The number of nitrogens with zero attached hydrogens (tertiary/aromatic N) is 2. The Morgan fingerprint density at radius 3 is 2.48 bits per heavy atom. The van der Waals surface area contributed by atoms with Crippen molar-refractivity contribution in [2.24, 2.45) is 0 Å². The first-order chi connectivity index (χ1) is 12.7. The lowest BCUT2D eigenvalue weighted by atomic mass is 10.1. The number of sulfonamides is 1. The lowest BCUT2D eigenvalue weighted by Gasteiger charge is -2.26.